The first-order chi connectivity index (χ1) is 9.52. The summed E-state index contributed by atoms with van der Waals surface area (Å²) in [5, 5.41) is 20.1. The molecule has 0 bridgehead atoms. The van der Waals surface area contributed by atoms with E-state index >= 15 is 0 Å². The van der Waals surface area contributed by atoms with Crippen molar-refractivity contribution >= 4 is 11.0 Å². The van der Waals surface area contributed by atoms with Gasteiger partial charge < -0.3 is 14.6 Å². The van der Waals surface area contributed by atoms with Gasteiger partial charge in [0.1, 0.15) is 5.58 Å². The van der Waals surface area contributed by atoms with Gasteiger partial charge in [-0.1, -0.05) is 12.1 Å². The van der Waals surface area contributed by atoms with Crippen LogP contribution in [-0.4, -0.2) is 40.4 Å². The molecule has 2 aromatic rings. The van der Waals surface area contributed by atoms with Crippen molar-refractivity contribution < 1.29 is 14.6 Å². The summed E-state index contributed by atoms with van der Waals surface area (Å²) in [5.74, 6) is 0. The first-order valence-corrected chi connectivity index (χ1v) is 6.65. The number of rotatable bonds is 2. The lowest BCUT2D eigenvalue weighted by Crippen LogP contribution is -2.22. The Hall–Kier alpha value is -1.69. The topological polar surface area (TPSA) is 73.9 Å². The number of hydrogen-bond donors (Lipinski definition) is 2. The van der Waals surface area contributed by atoms with E-state index in [1.54, 1.807) is 0 Å². The summed E-state index contributed by atoms with van der Waals surface area (Å²) in [7, 11) is 0. The Bertz CT molecular complexity index is 684. The number of β-amino-alcohol motifs (C(OH)–C–C–N with tert-alkyl or cyclic N) is 2. The summed E-state index contributed by atoms with van der Waals surface area (Å²) in [5.41, 5.74) is 2.09. The third-order valence-corrected chi connectivity index (χ3v) is 3.71. The Kier molecular flexibility index (Phi) is 3.33. The number of fused-ring (bicyclic) bond motifs is 1. The van der Waals surface area contributed by atoms with E-state index in [4.69, 9.17) is 4.42 Å². The van der Waals surface area contributed by atoms with Crippen LogP contribution in [0, 0.1) is 6.92 Å². The van der Waals surface area contributed by atoms with Crippen LogP contribution in [0.4, 0.5) is 0 Å². The molecule has 20 heavy (non-hydrogen) atoms. The quantitative estimate of drug-likeness (QED) is 0.787. The average Bonchev–Trinajstić information content (AvgIpc) is 2.67. The molecule has 2 unspecified atom stereocenters. The van der Waals surface area contributed by atoms with E-state index in [-0.39, 0.29) is 5.63 Å². The largest absolute Gasteiger partial charge is 0.423 e. The van der Waals surface area contributed by atoms with Crippen LogP contribution in [0.15, 0.2) is 33.5 Å². The van der Waals surface area contributed by atoms with Gasteiger partial charge in [-0.2, -0.15) is 0 Å². The van der Waals surface area contributed by atoms with Gasteiger partial charge >= 0.3 is 5.63 Å². The molecular weight excluding hydrogens is 258 g/mol. The zero-order valence-corrected chi connectivity index (χ0v) is 11.2. The zero-order chi connectivity index (χ0) is 14.3. The van der Waals surface area contributed by atoms with Crippen molar-refractivity contribution in [2.75, 3.05) is 13.1 Å². The summed E-state index contributed by atoms with van der Waals surface area (Å²) in [6.45, 7) is 3.28. The first kappa shape index (κ1) is 13.3. The molecule has 3 rings (SSSR count). The molecule has 1 saturated heterocycles. The number of benzene rings is 1. The molecule has 0 saturated carbocycles. The molecule has 106 valence electrons. The lowest BCUT2D eigenvalue weighted by Gasteiger charge is -2.15. The highest BCUT2D eigenvalue weighted by Gasteiger charge is 2.29. The van der Waals surface area contributed by atoms with Crippen LogP contribution in [0.1, 0.15) is 11.1 Å². The second-order valence-corrected chi connectivity index (χ2v) is 5.42. The van der Waals surface area contributed by atoms with Gasteiger partial charge in [0.05, 0.1) is 12.2 Å². The Balaban J connectivity index is 1.97. The summed E-state index contributed by atoms with van der Waals surface area (Å²) >= 11 is 0. The number of aliphatic hydroxyl groups is 2. The molecule has 0 aliphatic carbocycles. The van der Waals surface area contributed by atoms with Gasteiger partial charge in [0.25, 0.3) is 0 Å². The van der Waals surface area contributed by atoms with E-state index in [9.17, 15) is 15.0 Å². The molecule has 2 atom stereocenters. The third-order valence-electron chi connectivity index (χ3n) is 3.71. The predicted octanol–water partition coefficient (Wildman–Crippen LogP) is 0.639. The van der Waals surface area contributed by atoms with Crippen molar-refractivity contribution in [3.05, 3.63) is 45.8 Å². The lowest BCUT2D eigenvalue weighted by atomic mass is 10.1. The number of hydrogen-bond acceptors (Lipinski definition) is 5. The fourth-order valence-electron chi connectivity index (χ4n) is 2.68. The number of aliphatic hydroxyl groups excluding tert-OH is 2. The molecule has 5 nitrogen and oxygen atoms in total. The number of nitrogens with zero attached hydrogens (tertiary/aromatic N) is 1. The van der Waals surface area contributed by atoms with E-state index in [0.29, 0.717) is 25.2 Å². The molecule has 1 aliphatic rings. The Labute approximate surface area is 116 Å². The highest BCUT2D eigenvalue weighted by Crippen LogP contribution is 2.21. The van der Waals surface area contributed by atoms with Crippen LogP contribution in [0.3, 0.4) is 0 Å². The molecule has 2 heterocycles. The van der Waals surface area contributed by atoms with Crippen molar-refractivity contribution in [2.45, 2.75) is 25.7 Å². The first-order valence-electron chi connectivity index (χ1n) is 6.65. The number of aryl methyl sites for hydroxylation is 1. The molecule has 1 aromatic heterocycles. The van der Waals surface area contributed by atoms with Gasteiger partial charge in [0, 0.05) is 31.1 Å². The van der Waals surface area contributed by atoms with Crippen LogP contribution in [0.2, 0.25) is 0 Å². The molecular formula is C15H17NO4. The van der Waals surface area contributed by atoms with Gasteiger partial charge in [-0.25, -0.2) is 4.79 Å². The average molecular weight is 275 g/mol. The summed E-state index contributed by atoms with van der Waals surface area (Å²) in [6, 6.07) is 7.23. The zero-order valence-electron chi connectivity index (χ0n) is 11.2. The molecule has 1 aliphatic heterocycles. The molecule has 5 heteroatoms. The fraction of sp³-hybridized carbons (Fsp3) is 0.400. The Morgan fingerprint density at radius 2 is 1.95 bits per heavy atom. The van der Waals surface area contributed by atoms with Crippen LogP contribution >= 0.6 is 0 Å². The monoisotopic (exact) mass is 275 g/mol. The molecule has 2 N–H and O–H groups in total. The normalized spacial score (nSPS) is 23.6. The van der Waals surface area contributed by atoms with E-state index in [0.717, 1.165) is 16.5 Å². The molecule has 1 fully saturated rings. The van der Waals surface area contributed by atoms with Gasteiger partial charge in [-0.05, 0) is 24.1 Å². The van der Waals surface area contributed by atoms with Gasteiger partial charge in [-0.3, -0.25) is 4.90 Å². The van der Waals surface area contributed by atoms with E-state index < -0.39 is 12.2 Å². The van der Waals surface area contributed by atoms with Crippen molar-refractivity contribution in [3.63, 3.8) is 0 Å². The van der Waals surface area contributed by atoms with Crippen LogP contribution < -0.4 is 5.63 Å². The SMILES string of the molecule is Cc1ccc2c(CN3CC(O)C(O)C3)cc(=O)oc2c1. The maximum Gasteiger partial charge on any atom is 0.336 e. The maximum atomic E-state index is 11.6. The summed E-state index contributed by atoms with van der Waals surface area (Å²) < 4.78 is 5.22. The molecule has 0 amide bonds. The molecule has 1 aromatic carbocycles. The van der Waals surface area contributed by atoms with Gasteiger partial charge in [0.2, 0.25) is 0 Å². The minimum absolute atomic E-state index is 0.376. The lowest BCUT2D eigenvalue weighted by molar-refractivity contribution is 0.0572. The number of likely N-dealkylation sites (tertiary alicyclic amines) is 1. The second kappa shape index (κ2) is 5.01. The van der Waals surface area contributed by atoms with Crippen LogP contribution in [0.5, 0.6) is 0 Å². The maximum absolute atomic E-state index is 11.6. The van der Waals surface area contributed by atoms with E-state index in [2.05, 4.69) is 0 Å². The third kappa shape index (κ3) is 2.47. The van der Waals surface area contributed by atoms with Gasteiger partial charge in [0.15, 0.2) is 0 Å². The minimum Gasteiger partial charge on any atom is -0.423 e. The standard InChI is InChI=1S/C15H17NO4/c1-9-2-3-11-10(5-15(19)20-14(11)4-9)6-16-7-12(17)13(18)8-16/h2-5,12-13,17-18H,6-8H2,1H3. The van der Waals surface area contributed by atoms with Crippen molar-refractivity contribution in [2.24, 2.45) is 0 Å². The predicted molar refractivity (Wildman–Crippen MR) is 74.5 cm³/mol. The van der Waals surface area contributed by atoms with Crippen LogP contribution in [-0.2, 0) is 6.54 Å². The Morgan fingerprint density at radius 3 is 2.65 bits per heavy atom. The Morgan fingerprint density at radius 1 is 1.25 bits per heavy atom. The highest BCUT2D eigenvalue weighted by molar-refractivity contribution is 5.80. The minimum atomic E-state index is -0.719. The summed E-state index contributed by atoms with van der Waals surface area (Å²) in [6.07, 6.45) is -1.44. The highest BCUT2D eigenvalue weighted by atomic mass is 16.4. The summed E-state index contributed by atoms with van der Waals surface area (Å²) in [4.78, 5) is 13.6. The van der Waals surface area contributed by atoms with Crippen molar-refractivity contribution in [1.29, 1.82) is 0 Å². The smallest absolute Gasteiger partial charge is 0.336 e. The second-order valence-electron chi connectivity index (χ2n) is 5.42. The van der Waals surface area contributed by atoms with E-state index in [1.807, 2.05) is 30.0 Å². The molecule has 0 radical (unpaired) electrons. The van der Waals surface area contributed by atoms with Crippen molar-refractivity contribution in [3.8, 4) is 0 Å². The van der Waals surface area contributed by atoms with Gasteiger partial charge in [-0.15, -0.1) is 0 Å². The fourth-order valence-corrected chi connectivity index (χ4v) is 2.68. The molecule has 0 spiro atoms. The van der Waals surface area contributed by atoms with Crippen LogP contribution in [0.25, 0.3) is 11.0 Å². The van der Waals surface area contributed by atoms with Crippen molar-refractivity contribution in [1.82, 2.24) is 4.90 Å². The van der Waals surface area contributed by atoms with E-state index in [1.165, 1.54) is 6.07 Å².